The van der Waals surface area contributed by atoms with E-state index in [0.29, 0.717) is 11.3 Å². The van der Waals surface area contributed by atoms with Gasteiger partial charge in [-0.05, 0) is 55.0 Å². The molecule has 3 N–H and O–H groups in total. The first-order chi connectivity index (χ1) is 17.3. The van der Waals surface area contributed by atoms with Crippen molar-refractivity contribution in [1.29, 1.82) is 0 Å². The number of thiazole rings is 1. The topological polar surface area (TPSA) is 117 Å². The Labute approximate surface area is 212 Å². The summed E-state index contributed by atoms with van der Waals surface area (Å²) in [5, 5.41) is 7.30. The molecule has 4 rings (SSSR count). The van der Waals surface area contributed by atoms with Crippen molar-refractivity contribution in [1.82, 2.24) is 10.3 Å². The first kappa shape index (κ1) is 24.8. The molecule has 0 saturated carbocycles. The maximum Gasteiger partial charge on any atom is 0.272 e. The number of nitrogens with one attached hydrogen (secondary N) is 3. The Balaban J connectivity index is 1.52. The molecule has 10 heteroatoms. The van der Waals surface area contributed by atoms with E-state index >= 15 is 0 Å². The van der Waals surface area contributed by atoms with Gasteiger partial charge in [-0.25, -0.2) is 13.4 Å². The van der Waals surface area contributed by atoms with Crippen LogP contribution in [0.25, 0.3) is 6.08 Å². The van der Waals surface area contributed by atoms with E-state index in [-0.39, 0.29) is 15.7 Å². The Morgan fingerprint density at radius 2 is 1.61 bits per heavy atom. The summed E-state index contributed by atoms with van der Waals surface area (Å²) in [5.74, 6) is -0.988. The van der Waals surface area contributed by atoms with Crippen LogP contribution in [0.2, 0.25) is 0 Å². The molecule has 0 aliphatic heterocycles. The van der Waals surface area contributed by atoms with Crippen molar-refractivity contribution >= 4 is 50.1 Å². The number of rotatable bonds is 8. The number of aryl methyl sites for hydroxylation is 1. The summed E-state index contributed by atoms with van der Waals surface area (Å²) in [5.41, 5.74) is 2.54. The monoisotopic (exact) mass is 518 g/mol. The van der Waals surface area contributed by atoms with Gasteiger partial charge >= 0.3 is 0 Å². The zero-order valence-corrected chi connectivity index (χ0v) is 20.8. The molecule has 0 aliphatic carbocycles. The second-order valence-corrected chi connectivity index (χ2v) is 10.3. The smallest absolute Gasteiger partial charge is 0.272 e. The van der Waals surface area contributed by atoms with Crippen LogP contribution < -0.4 is 15.4 Å². The fraction of sp³-hybridized carbons (Fsp3) is 0.0385. The van der Waals surface area contributed by atoms with Crippen LogP contribution in [-0.2, 0) is 14.8 Å². The predicted molar refractivity (Wildman–Crippen MR) is 141 cm³/mol. The summed E-state index contributed by atoms with van der Waals surface area (Å²) in [6.07, 6.45) is 3.07. The summed E-state index contributed by atoms with van der Waals surface area (Å²) in [6.45, 7) is 1.92. The molecule has 0 fully saturated rings. The summed E-state index contributed by atoms with van der Waals surface area (Å²) >= 11 is 1.16. The molecule has 0 bridgehead atoms. The lowest BCUT2D eigenvalue weighted by Crippen LogP contribution is -2.30. The van der Waals surface area contributed by atoms with Crippen molar-refractivity contribution in [2.75, 3.05) is 10.0 Å². The number of amides is 2. The molecule has 36 heavy (non-hydrogen) atoms. The molecule has 0 aliphatic rings. The van der Waals surface area contributed by atoms with Crippen molar-refractivity contribution in [3.05, 3.63) is 113 Å². The Hall–Kier alpha value is -4.28. The Kier molecular flexibility index (Phi) is 7.57. The number of sulfonamides is 1. The van der Waals surface area contributed by atoms with Crippen molar-refractivity contribution in [2.45, 2.75) is 11.8 Å². The molecule has 0 radical (unpaired) electrons. The second-order valence-electron chi connectivity index (χ2n) is 7.71. The zero-order valence-electron chi connectivity index (χ0n) is 19.1. The lowest BCUT2D eigenvalue weighted by Gasteiger charge is -2.12. The highest BCUT2D eigenvalue weighted by Crippen LogP contribution is 2.20. The molecule has 8 nitrogen and oxygen atoms in total. The van der Waals surface area contributed by atoms with Crippen molar-refractivity contribution in [3.8, 4) is 0 Å². The number of anilines is 2. The van der Waals surface area contributed by atoms with Crippen LogP contribution in [0, 0.1) is 6.92 Å². The largest absolute Gasteiger partial charge is 0.321 e. The maximum atomic E-state index is 13.1. The van der Waals surface area contributed by atoms with Crippen LogP contribution >= 0.6 is 11.3 Å². The molecule has 0 saturated heterocycles. The number of carbonyl (C=O) groups is 2. The number of nitrogens with zero attached hydrogens (tertiary/aromatic N) is 1. The highest BCUT2D eigenvalue weighted by atomic mass is 32.2. The number of hydrogen-bond acceptors (Lipinski definition) is 6. The molecule has 3 aromatic carbocycles. The highest BCUT2D eigenvalue weighted by Gasteiger charge is 2.18. The highest BCUT2D eigenvalue weighted by molar-refractivity contribution is 7.93. The van der Waals surface area contributed by atoms with E-state index in [1.807, 2.05) is 37.3 Å². The van der Waals surface area contributed by atoms with Gasteiger partial charge in [0.1, 0.15) is 5.70 Å². The second kappa shape index (κ2) is 11.0. The lowest BCUT2D eigenvalue weighted by molar-refractivity contribution is -0.113. The minimum Gasteiger partial charge on any atom is -0.321 e. The zero-order chi connectivity index (χ0) is 25.5. The molecule has 1 heterocycles. The molecule has 4 aromatic rings. The van der Waals surface area contributed by atoms with E-state index in [9.17, 15) is 18.0 Å². The Morgan fingerprint density at radius 1 is 0.917 bits per heavy atom. The van der Waals surface area contributed by atoms with Gasteiger partial charge in [-0.1, -0.05) is 48.0 Å². The number of aromatic nitrogens is 1. The third kappa shape index (κ3) is 6.44. The predicted octanol–water partition coefficient (Wildman–Crippen LogP) is 4.66. The van der Waals surface area contributed by atoms with Crippen molar-refractivity contribution in [2.24, 2.45) is 0 Å². The SMILES string of the molecule is Cc1ccc(C(=O)N/C(=C\c2ccccc2)C(=O)Nc2ccc(S(=O)(=O)Nc3nccs3)cc2)cc1. The molecular weight excluding hydrogens is 496 g/mol. The van der Waals surface area contributed by atoms with Gasteiger partial charge in [0.15, 0.2) is 5.13 Å². The van der Waals surface area contributed by atoms with Crippen molar-refractivity contribution in [3.63, 3.8) is 0 Å². The van der Waals surface area contributed by atoms with Gasteiger partial charge in [-0.2, -0.15) is 0 Å². The minimum atomic E-state index is -3.82. The van der Waals surface area contributed by atoms with Gasteiger partial charge in [0.05, 0.1) is 4.90 Å². The maximum absolute atomic E-state index is 13.1. The fourth-order valence-corrected chi connectivity index (χ4v) is 4.93. The normalized spacial score (nSPS) is 11.5. The van der Waals surface area contributed by atoms with Gasteiger partial charge in [0.25, 0.3) is 21.8 Å². The van der Waals surface area contributed by atoms with Crippen molar-refractivity contribution < 1.29 is 18.0 Å². The summed E-state index contributed by atoms with van der Waals surface area (Å²) in [7, 11) is -3.82. The Bertz CT molecular complexity index is 1480. The van der Waals surface area contributed by atoms with Gasteiger partial charge in [0, 0.05) is 22.8 Å². The molecule has 1 aromatic heterocycles. The van der Waals surface area contributed by atoms with Gasteiger partial charge < -0.3 is 10.6 Å². The van der Waals surface area contributed by atoms with Crippen LogP contribution in [0.4, 0.5) is 10.8 Å². The van der Waals surface area contributed by atoms with E-state index in [1.165, 1.54) is 30.5 Å². The van der Waals surface area contributed by atoms with Gasteiger partial charge in [-0.3, -0.25) is 14.3 Å². The summed E-state index contributed by atoms with van der Waals surface area (Å²) in [4.78, 5) is 29.8. The number of carbonyl (C=O) groups excluding carboxylic acids is 2. The van der Waals surface area contributed by atoms with Crippen LogP contribution in [0.5, 0.6) is 0 Å². The van der Waals surface area contributed by atoms with Crippen LogP contribution in [0.15, 0.2) is 101 Å². The third-order valence-corrected chi connectivity index (χ3v) is 7.17. The average molecular weight is 519 g/mol. The molecule has 182 valence electrons. The molecule has 0 spiro atoms. The van der Waals surface area contributed by atoms with E-state index < -0.39 is 21.8 Å². The molecular formula is C26H22N4O4S2. The first-order valence-electron chi connectivity index (χ1n) is 10.8. The lowest BCUT2D eigenvalue weighted by atomic mass is 10.1. The summed E-state index contributed by atoms with van der Waals surface area (Å²) < 4.78 is 27.5. The minimum absolute atomic E-state index is 0.0171. The van der Waals surface area contributed by atoms with Gasteiger partial charge in [-0.15, -0.1) is 11.3 Å². The van der Waals surface area contributed by atoms with Crippen LogP contribution in [0.1, 0.15) is 21.5 Å². The Morgan fingerprint density at radius 3 is 2.25 bits per heavy atom. The standard InChI is InChI=1S/C26H22N4O4S2/c1-18-7-9-20(10-8-18)24(31)29-23(17-19-5-3-2-4-6-19)25(32)28-21-11-13-22(14-12-21)36(33,34)30-26-27-15-16-35-26/h2-17H,1H3,(H,27,30)(H,28,32)(H,29,31)/b23-17-. The number of hydrogen-bond donors (Lipinski definition) is 3. The van der Waals surface area contributed by atoms with E-state index in [2.05, 4.69) is 20.3 Å². The third-order valence-electron chi connectivity index (χ3n) is 4.99. The quantitative estimate of drug-likeness (QED) is 0.293. The van der Waals surface area contributed by atoms with Gasteiger partial charge in [0.2, 0.25) is 0 Å². The molecule has 0 unspecified atom stereocenters. The van der Waals surface area contributed by atoms with E-state index in [1.54, 1.807) is 35.7 Å². The van der Waals surface area contributed by atoms with E-state index in [0.717, 1.165) is 22.5 Å². The first-order valence-corrected chi connectivity index (χ1v) is 13.1. The fourth-order valence-electron chi connectivity index (χ4n) is 3.14. The molecule has 0 atom stereocenters. The van der Waals surface area contributed by atoms with Crippen LogP contribution in [0.3, 0.4) is 0 Å². The molecule has 2 amide bonds. The van der Waals surface area contributed by atoms with Crippen LogP contribution in [-0.4, -0.2) is 25.2 Å². The number of benzene rings is 3. The van der Waals surface area contributed by atoms with E-state index in [4.69, 9.17) is 0 Å². The summed E-state index contributed by atoms with van der Waals surface area (Å²) in [6, 6.07) is 21.8. The average Bonchev–Trinajstić information content (AvgIpc) is 3.37.